The number of nitrogens with two attached hydrogens (primary N) is 1. The summed E-state index contributed by atoms with van der Waals surface area (Å²) >= 11 is 1.37. The number of anilines is 1. The minimum Gasteiger partial charge on any atom is -0.507 e. The molecule has 0 saturated heterocycles. The van der Waals surface area contributed by atoms with Gasteiger partial charge in [-0.15, -0.1) is 11.3 Å². The Morgan fingerprint density at radius 2 is 1.68 bits per heavy atom. The number of thiophene rings is 1. The van der Waals surface area contributed by atoms with Crippen molar-refractivity contribution in [1.82, 2.24) is 0 Å². The molecule has 0 bridgehead atoms. The Balaban J connectivity index is 1.92. The van der Waals surface area contributed by atoms with Crippen molar-refractivity contribution in [2.45, 2.75) is 6.92 Å². The number of ketones is 2. The van der Waals surface area contributed by atoms with Crippen molar-refractivity contribution < 1.29 is 19.4 Å². The number of phenolic OH excluding ortho intramolecular Hbond substituents is 1. The predicted molar refractivity (Wildman–Crippen MR) is 95.0 cm³/mol. The molecule has 0 aliphatic heterocycles. The fraction of sp³-hybridized carbons (Fsp3) is 0.0526. The van der Waals surface area contributed by atoms with E-state index in [0.29, 0.717) is 5.06 Å². The molecule has 0 fully saturated rings. The van der Waals surface area contributed by atoms with Crippen LogP contribution in [0.2, 0.25) is 0 Å². The Morgan fingerprint density at radius 3 is 2.28 bits per heavy atom. The number of nitrogen functional groups attached to an aromatic ring is 1. The molecule has 1 aliphatic carbocycles. The van der Waals surface area contributed by atoms with Crippen molar-refractivity contribution in [2.24, 2.45) is 0 Å². The first-order valence-corrected chi connectivity index (χ1v) is 8.42. The Bertz CT molecular complexity index is 1050. The van der Waals surface area contributed by atoms with E-state index in [1.54, 1.807) is 24.3 Å². The zero-order valence-electron chi connectivity index (χ0n) is 13.2. The summed E-state index contributed by atoms with van der Waals surface area (Å²) in [6.45, 7) is 1.88. The smallest absolute Gasteiger partial charge is 0.198 e. The molecule has 124 valence electrons. The van der Waals surface area contributed by atoms with Gasteiger partial charge in [-0.05, 0) is 18.4 Å². The highest BCUT2D eigenvalue weighted by atomic mass is 32.1. The molecule has 3 aromatic rings. The average molecular weight is 351 g/mol. The molecule has 0 atom stereocenters. The van der Waals surface area contributed by atoms with E-state index >= 15 is 0 Å². The highest BCUT2D eigenvalue weighted by molar-refractivity contribution is 7.12. The summed E-state index contributed by atoms with van der Waals surface area (Å²) in [6.07, 6.45) is 0. The van der Waals surface area contributed by atoms with Crippen LogP contribution in [-0.4, -0.2) is 16.7 Å². The number of carbonyl (C=O) groups excluding carboxylic acids is 2. The van der Waals surface area contributed by atoms with E-state index in [2.05, 4.69) is 0 Å². The lowest BCUT2D eigenvalue weighted by molar-refractivity contribution is 0.0977. The van der Waals surface area contributed by atoms with E-state index < -0.39 is 11.6 Å². The highest BCUT2D eigenvalue weighted by Crippen LogP contribution is 2.43. The van der Waals surface area contributed by atoms with Gasteiger partial charge in [0.1, 0.15) is 5.75 Å². The van der Waals surface area contributed by atoms with Crippen LogP contribution in [-0.2, 0) is 0 Å². The summed E-state index contributed by atoms with van der Waals surface area (Å²) in [5.74, 6) is -0.983. The first-order chi connectivity index (χ1) is 12.0. The number of aromatic hydroxyl groups is 1. The molecule has 0 unspecified atom stereocenters. The van der Waals surface area contributed by atoms with Gasteiger partial charge in [0.05, 0.1) is 16.8 Å². The predicted octanol–water partition coefficient (Wildman–Crippen LogP) is 3.91. The molecule has 2 aromatic carbocycles. The maximum atomic E-state index is 12.9. The van der Waals surface area contributed by atoms with Gasteiger partial charge < -0.3 is 15.6 Å². The maximum absolute atomic E-state index is 12.9. The third-order valence-corrected chi connectivity index (χ3v) is 5.09. The average Bonchev–Trinajstić information content (AvgIpc) is 3.00. The van der Waals surface area contributed by atoms with Gasteiger partial charge in [-0.25, -0.2) is 0 Å². The molecule has 4 rings (SSSR count). The fourth-order valence-electron chi connectivity index (χ4n) is 2.92. The molecule has 0 saturated carbocycles. The zero-order chi connectivity index (χ0) is 17.7. The van der Waals surface area contributed by atoms with Gasteiger partial charge in [-0.3, -0.25) is 9.59 Å². The minimum atomic E-state index is -0.423. The molecule has 5 nitrogen and oxygen atoms in total. The van der Waals surface area contributed by atoms with E-state index in [1.165, 1.54) is 17.4 Å². The van der Waals surface area contributed by atoms with Crippen LogP contribution in [0.4, 0.5) is 5.69 Å². The molecule has 1 aromatic heterocycles. The number of carbonyl (C=O) groups is 2. The third-order valence-electron chi connectivity index (χ3n) is 4.20. The van der Waals surface area contributed by atoms with Crippen LogP contribution < -0.4 is 10.5 Å². The van der Waals surface area contributed by atoms with Gasteiger partial charge in [0.25, 0.3) is 0 Å². The van der Waals surface area contributed by atoms with Crippen LogP contribution in [0.25, 0.3) is 0 Å². The number of benzene rings is 2. The van der Waals surface area contributed by atoms with Crippen LogP contribution in [0.1, 0.15) is 37.4 Å². The number of ether oxygens (including phenoxy) is 1. The van der Waals surface area contributed by atoms with Crippen molar-refractivity contribution in [2.75, 3.05) is 5.73 Å². The van der Waals surface area contributed by atoms with E-state index in [-0.39, 0.29) is 39.4 Å². The number of phenols is 1. The third kappa shape index (κ3) is 2.22. The minimum absolute atomic E-state index is 0.00657. The van der Waals surface area contributed by atoms with Gasteiger partial charge in [0, 0.05) is 22.8 Å². The van der Waals surface area contributed by atoms with E-state index in [0.717, 1.165) is 5.56 Å². The first kappa shape index (κ1) is 15.4. The highest BCUT2D eigenvalue weighted by Gasteiger charge is 2.35. The molecule has 0 amide bonds. The number of aryl methyl sites for hydroxylation is 1. The van der Waals surface area contributed by atoms with Gasteiger partial charge in [-0.2, -0.15) is 0 Å². The Morgan fingerprint density at radius 1 is 1.04 bits per heavy atom. The van der Waals surface area contributed by atoms with Crippen LogP contribution in [0, 0.1) is 6.92 Å². The largest absolute Gasteiger partial charge is 0.507 e. The van der Waals surface area contributed by atoms with Crippen molar-refractivity contribution in [3.63, 3.8) is 0 Å². The van der Waals surface area contributed by atoms with Crippen LogP contribution in [0.15, 0.2) is 41.8 Å². The van der Waals surface area contributed by atoms with Gasteiger partial charge in [-0.1, -0.05) is 24.3 Å². The van der Waals surface area contributed by atoms with Gasteiger partial charge >= 0.3 is 0 Å². The van der Waals surface area contributed by atoms with Crippen molar-refractivity contribution >= 4 is 28.6 Å². The maximum Gasteiger partial charge on any atom is 0.198 e. The molecule has 3 N–H and O–H groups in total. The van der Waals surface area contributed by atoms with Gasteiger partial charge in [0.15, 0.2) is 22.4 Å². The Hall–Kier alpha value is -3.12. The SMILES string of the molecule is Cc1ccsc1Oc1cc(O)c2c(c1N)C(=O)c1ccccc1C2=O. The molecule has 6 heteroatoms. The second kappa shape index (κ2) is 5.46. The summed E-state index contributed by atoms with van der Waals surface area (Å²) in [6, 6.07) is 9.66. The standard InChI is InChI=1S/C19H13NO4S/c1-9-6-7-25-19(9)24-13-8-12(21)14-15(16(13)20)18(23)11-5-3-2-4-10(11)17(14)22/h2-8,21H,20H2,1H3. The molecular formula is C19H13NO4S. The normalized spacial score (nSPS) is 12.7. The van der Waals surface area contributed by atoms with Crippen molar-refractivity contribution in [1.29, 1.82) is 0 Å². The monoisotopic (exact) mass is 351 g/mol. The van der Waals surface area contributed by atoms with Crippen LogP contribution in [0.3, 0.4) is 0 Å². The molecule has 1 aliphatic rings. The van der Waals surface area contributed by atoms with Crippen LogP contribution >= 0.6 is 11.3 Å². The Kier molecular flexibility index (Phi) is 3.36. The number of hydrogen-bond donors (Lipinski definition) is 2. The van der Waals surface area contributed by atoms with Crippen molar-refractivity contribution in [3.05, 3.63) is 69.6 Å². The van der Waals surface area contributed by atoms with Crippen molar-refractivity contribution in [3.8, 4) is 16.6 Å². The lowest BCUT2D eigenvalue weighted by atomic mass is 9.82. The summed E-state index contributed by atoms with van der Waals surface area (Å²) in [4.78, 5) is 25.6. The summed E-state index contributed by atoms with van der Waals surface area (Å²) in [7, 11) is 0. The fourth-order valence-corrected chi connectivity index (χ4v) is 3.71. The molecular weight excluding hydrogens is 338 g/mol. The quantitative estimate of drug-likeness (QED) is 0.422. The topological polar surface area (TPSA) is 89.6 Å². The molecule has 0 spiro atoms. The first-order valence-electron chi connectivity index (χ1n) is 7.55. The summed E-state index contributed by atoms with van der Waals surface area (Å²) in [5.41, 5.74) is 7.56. The van der Waals surface area contributed by atoms with Crippen LogP contribution in [0.5, 0.6) is 16.6 Å². The van der Waals surface area contributed by atoms with E-state index in [9.17, 15) is 14.7 Å². The molecule has 0 radical (unpaired) electrons. The number of hydrogen-bond acceptors (Lipinski definition) is 6. The second-order valence-electron chi connectivity index (χ2n) is 5.75. The molecule has 25 heavy (non-hydrogen) atoms. The number of fused-ring (bicyclic) bond motifs is 2. The van der Waals surface area contributed by atoms with E-state index in [1.807, 2.05) is 18.4 Å². The zero-order valence-corrected chi connectivity index (χ0v) is 14.0. The number of rotatable bonds is 2. The Labute approximate surface area is 147 Å². The summed E-state index contributed by atoms with van der Waals surface area (Å²) in [5, 5.41) is 12.8. The summed E-state index contributed by atoms with van der Waals surface area (Å²) < 4.78 is 5.77. The van der Waals surface area contributed by atoms with Gasteiger partial charge in [0.2, 0.25) is 0 Å². The lowest BCUT2D eigenvalue weighted by Gasteiger charge is -2.21. The van der Waals surface area contributed by atoms with E-state index in [4.69, 9.17) is 10.5 Å². The lowest BCUT2D eigenvalue weighted by Crippen LogP contribution is -2.22. The second-order valence-corrected chi connectivity index (χ2v) is 6.63. The molecule has 1 heterocycles.